The van der Waals surface area contributed by atoms with E-state index in [1.165, 1.54) is 101 Å². The van der Waals surface area contributed by atoms with Crippen LogP contribution in [0.25, 0.3) is 11.1 Å². The largest absolute Gasteiger partial charge is 0.311 e. The summed E-state index contributed by atoms with van der Waals surface area (Å²) in [5.41, 5.74) is 25.3. The van der Waals surface area contributed by atoms with Crippen molar-refractivity contribution in [1.82, 2.24) is 0 Å². The molecule has 3 aliphatic carbocycles. The highest BCUT2D eigenvalue weighted by Crippen LogP contribution is 2.60. The maximum Gasteiger partial charge on any atom is 0.264 e. The molecule has 13 rings (SSSR count). The molecular formula is C74H82BN3S. The second kappa shape index (κ2) is 17.6. The number of rotatable bonds is 6. The molecule has 0 N–H and O–H groups in total. The van der Waals surface area contributed by atoms with Crippen LogP contribution in [0.2, 0.25) is 0 Å². The molecule has 0 atom stereocenters. The summed E-state index contributed by atoms with van der Waals surface area (Å²) in [7, 11) is 0. The van der Waals surface area contributed by atoms with Crippen molar-refractivity contribution in [3.8, 4) is 11.1 Å². The Morgan fingerprint density at radius 3 is 1.57 bits per heavy atom. The Morgan fingerprint density at radius 1 is 0.443 bits per heavy atom. The van der Waals surface area contributed by atoms with Crippen LogP contribution in [0.3, 0.4) is 0 Å². The van der Waals surface area contributed by atoms with E-state index in [1.807, 2.05) is 0 Å². The highest BCUT2D eigenvalue weighted by molar-refractivity contribution is 7.29. The van der Waals surface area contributed by atoms with Crippen LogP contribution >= 0.6 is 11.3 Å². The Morgan fingerprint density at radius 2 is 0.962 bits per heavy atom. The lowest BCUT2D eigenvalue weighted by Crippen LogP contribution is -2.61. The third kappa shape index (κ3) is 8.08. The summed E-state index contributed by atoms with van der Waals surface area (Å²) in [6.07, 6.45) is 6.91. The molecular weight excluding hydrogens is 974 g/mol. The van der Waals surface area contributed by atoms with E-state index in [0.29, 0.717) is 0 Å². The summed E-state index contributed by atoms with van der Waals surface area (Å²) in [5.74, 6) is 0. The van der Waals surface area contributed by atoms with Gasteiger partial charge >= 0.3 is 0 Å². The van der Waals surface area contributed by atoms with E-state index in [0.717, 1.165) is 49.2 Å². The Kier molecular flexibility index (Phi) is 11.6. The second-order valence-electron chi connectivity index (χ2n) is 29.3. The van der Waals surface area contributed by atoms with Crippen LogP contribution in [0.4, 0.5) is 51.2 Å². The number of hydrogen-bond acceptors (Lipinski definition) is 4. The van der Waals surface area contributed by atoms with Gasteiger partial charge in [0.1, 0.15) is 0 Å². The van der Waals surface area contributed by atoms with Crippen LogP contribution in [0, 0.1) is 0 Å². The molecule has 0 radical (unpaired) electrons. The van der Waals surface area contributed by atoms with Gasteiger partial charge in [-0.1, -0.05) is 195 Å². The molecule has 1 aromatic heterocycles. The van der Waals surface area contributed by atoms with Crippen molar-refractivity contribution in [2.24, 2.45) is 0 Å². The first-order chi connectivity index (χ1) is 37.3. The zero-order valence-electron chi connectivity index (χ0n) is 50.0. The molecule has 79 heavy (non-hydrogen) atoms. The molecule has 0 unspecified atom stereocenters. The van der Waals surface area contributed by atoms with E-state index >= 15 is 0 Å². The molecule has 5 aliphatic rings. The van der Waals surface area contributed by atoms with Crippen molar-refractivity contribution < 1.29 is 0 Å². The maximum absolute atomic E-state index is 2.81. The first-order valence-electron chi connectivity index (χ1n) is 29.7. The van der Waals surface area contributed by atoms with Crippen molar-refractivity contribution in [1.29, 1.82) is 0 Å². The predicted molar refractivity (Wildman–Crippen MR) is 343 cm³/mol. The van der Waals surface area contributed by atoms with Crippen LogP contribution in [0.1, 0.15) is 181 Å². The molecule has 3 heterocycles. The molecule has 5 heteroatoms. The fourth-order valence-electron chi connectivity index (χ4n) is 15.0. The summed E-state index contributed by atoms with van der Waals surface area (Å²) < 4.78 is 1.48. The summed E-state index contributed by atoms with van der Waals surface area (Å²) in [6, 6.07) is 59.0. The van der Waals surface area contributed by atoms with Crippen molar-refractivity contribution >= 4 is 84.9 Å². The molecule has 402 valence electrons. The van der Waals surface area contributed by atoms with Gasteiger partial charge in [-0.05, 0) is 187 Å². The van der Waals surface area contributed by atoms with Crippen molar-refractivity contribution in [2.45, 2.75) is 180 Å². The Bertz CT molecular complexity index is 3700. The van der Waals surface area contributed by atoms with Crippen molar-refractivity contribution in [3.05, 3.63) is 190 Å². The molecule has 7 aromatic carbocycles. The van der Waals surface area contributed by atoms with Crippen LogP contribution < -0.4 is 30.4 Å². The molecule has 0 bridgehead atoms. The molecule has 0 spiro atoms. The summed E-state index contributed by atoms with van der Waals surface area (Å²) in [4.78, 5) is 9.70. The maximum atomic E-state index is 2.81. The zero-order valence-corrected chi connectivity index (χ0v) is 50.8. The van der Waals surface area contributed by atoms with Crippen LogP contribution in [-0.4, -0.2) is 6.71 Å². The molecule has 0 saturated carbocycles. The average molecular weight is 1060 g/mol. The molecule has 0 amide bonds. The number of thiophene rings is 1. The van der Waals surface area contributed by atoms with Gasteiger partial charge in [0.15, 0.2) is 0 Å². The molecule has 8 aromatic rings. The van der Waals surface area contributed by atoms with Gasteiger partial charge in [-0.2, -0.15) is 11.3 Å². The van der Waals surface area contributed by atoms with E-state index in [4.69, 9.17) is 0 Å². The third-order valence-corrected chi connectivity index (χ3v) is 21.7. The van der Waals surface area contributed by atoms with Gasteiger partial charge < -0.3 is 14.7 Å². The number of anilines is 9. The van der Waals surface area contributed by atoms with Gasteiger partial charge in [0, 0.05) is 49.3 Å². The topological polar surface area (TPSA) is 9.72 Å². The van der Waals surface area contributed by atoms with Crippen LogP contribution in [0.5, 0.6) is 0 Å². The number of nitrogens with zero attached hydrogens (tertiary/aromatic N) is 3. The fraction of sp³-hybridized carbons (Fsp3) is 0.378. The van der Waals surface area contributed by atoms with Gasteiger partial charge in [0.2, 0.25) is 0 Å². The van der Waals surface area contributed by atoms with Gasteiger partial charge in [0.25, 0.3) is 6.71 Å². The number of fused-ring (bicyclic) bond motifs is 9. The number of para-hydroxylation sites is 2. The first kappa shape index (κ1) is 52.1. The minimum atomic E-state index is -0.0798. The van der Waals surface area contributed by atoms with Crippen molar-refractivity contribution in [3.63, 3.8) is 0 Å². The van der Waals surface area contributed by atoms with Gasteiger partial charge in [-0.3, -0.25) is 0 Å². The Labute approximate surface area is 478 Å². The summed E-state index contributed by atoms with van der Waals surface area (Å²) >= 11 is 2.14. The molecule has 0 saturated heterocycles. The van der Waals surface area contributed by atoms with Gasteiger partial charge in [-0.15, -0.1) is 0 Å². The normalized spacial score (nSPS) is 19.3. The minimum Gasteiger partial charge on any atom is -0.311 e. The summed E-state index contributed by atoms with van der Waals surface area (Å²) in [5, 5.41) is 0. The highest BCUT2D eigenvalue weighted by Gasteiger charge is 2.53. The Balaban J connectivity index is 1.24. The lowest BCUT2D eigenvalue weighted by Gasteiger charge is -2.50. The summed E-state index contributed by atoms with van der Waals surface area (Å²) in [6.45, 7) is 37.3. The quantitative estimate of drug-likeness (QED) is 0.154. The average Bonchev–Trinajstić information content (AvgIpc) is 3.14. The fourth-order valence-corrected chi connectivity index (χ4v) is 16.7. The van der Waals surface area contributed by atoms with E-state index in [2.05, 4.69) is 282 Å². The lowest BCUT2D eigenvalue weighted by atomic mass is 9.35. The third-order valence-electron chi connectivity index (χ3n) is 20.0. The van der Waals surface area contributed by atoms with E-state index in [9.17, 15) is 0 Å². The van der Waals surface area contributed by atoms with E-state index in [1.54, 1.807) is 4.88 Å². The van der Waals surface area contributed by atoms with Crippen molar-refractivity contribution in [2.75, 3.05) is 14.7 Å². The molecule has 2 aliphatic heterocycles. The number of hydrogen-bond donors (Lipinski definition) is 0. The molecule has 0 fully saturated rings. The Hall–Kier alpha value is -6.30. The standard InChI is InChI=1S/C74H82BN3S/c1-68(2,3)48-31-36-58(53(43-48)47-25-19-16-20-26-47)78-60-46-52(76(49-27-21-17-22-28-49)50-29-23-18-24-30-50)45-59-63(60)75(67-65(78)62-66(79-67)74(14,15)42-41-73(62,12)13)57-35-34-55-61(72(10,11)40-39-70(55,6)7)64(57)77(59)51-32-33-54-56(44-51)71(8,9)38-37-69(54,4)5/h16-36,43-46H,37-42H2,1-15H3. The lowest BCUT2D eigenvalue weighted by molar-refractivity contribution is 0.331. The van der Waals surface area contributed by atoms with Crippen LogP contribution in [0.15, 0.2) is 152 Å². The first-order valence-corrected chi connectivity index (χ1v) is 30.5. The minimum absolute atomic E-state index is 0.00356. The second-order valence-corrected chi connectivity index (χ2v) is 30.4. The number of benzene rings is 7. The predicted octanol–water partition coefficient (Wildman–Crippen LogP) is 19.3. The monoisotopic (exact) mass is 1060 g/mol. The SMILES string of the molecule is CC(C)(C)c1ccc(N2c3cc(N(c4ccccc4)c4ccccc4)cc4c3B(c3ccc5c(c3N4c3ccc4c(c3)C(C)(C)CCC4(C)C)C(C)(C)CCC5(C)C)c3sc4c(c32)C(C)(C)CCC4(C)C)c(-c2ccccc2)c1. The van der Waals surface area contributed by atoms with E-state index < -0.39 is 0 Å². The van der Waals surface area contributed by atoms with E-state index in [-0.39, 0.29) is 44.6 Å². The highest BCUT2D eigenvalue weighted by atomic mass is 32.1. The smallest absolute Gasteiger partial charge is 0.264 e. The zero-order chi connectivity index (χ0) is 55.6. The van der Waals surface area contributed by atoms with Gasteiger partial charge in [0.05, 0.1) is 17.1 Å². The molecule has 3 nitrogen and oxygen atoms in total. The van der Waals surface area contributed by atoms with Crippen LogP contribution in [-0.2, 0) is 37.9 Å². The van der Waals surface area contributed by atoms with Gasteiger partial charge in [-0.25, -0.2) is 0 Å².